The van der Waals surface area contributed by atoms with Gasteiger partial charge in [-0.25, -0.2) is 9.78 Å². The summed E-state index contributed by atoms with van der Waals surface area (Å²) in [5.41, 5.74) is 7.86. The van der Waals surface area contributed by atoms with Gasteiger partial charge in [0.1, 0.15) is 24.2 Å². The first kappa shape index (κ1) is 26.8. The highest BCUT2D eigenvalue weighted by molar-refractivity contribution is 5.95. The number of rotatable bonds is 11. The maximum atomic E-state index is 13.7. The van der Waals surface area contributed by atoms with Crippen LogP contribution in [0.25, 0.3) is 10.9 Å². The number of aliphatic carboxylic acids is 1. The Morgan fingerprint density at radius 2 is 1.92 bits per heavy atom. The van der Waals surface area contributed by atoms with Crippen LogP contribution >= 0.6 is 0 Å². The smallest absolute Gasteiger partial charge is 0.326 e. The Hall–Kier alpha value is -4.23. The van der Waals surface area contributed by atoms with Crippen LogP contribution in [-0.2, 0) is 32.0 Å². The molecule has 8 N–H and O–H groups in total. The van der Waals surface area contributed by atoms with Crippen molar-refractivity contribution in [1.82, 2.24) is 30.5 Å². The van der Waals surface area contributed by atoms with E-state index in [1.165, 1.54) is 17.4 Å². The molecule has 3 aromatic rings. The summed E-state index contributed by atoms with van der Waals surface area (Å²) in [6.07, 6.45) is 5.64. The maximum Gasteiger partial charge on any atom is 0.326 e. The van der Waals surface area contributed by atoms with Crippen LogP contribution in [0.5, 0.6) is 0 Å². The average molecular weight is 526 g/mol. The van der Waals surface area contributed by atoms with Crippen LogP contribution in [0.3, 0.4) is 0 Å². The van der Waals surface area contributed by atoms with Crippen LogP contribution in [0, 0.1) is 0 Å². The molecule has 2 aromatic heterocycles. The fraction of sp³-hybridized carbons (Fsp3) is 0.400. The lowest BCUT2D eigenvalue weighted by molar-refractivity contribution is -0.145. The molecular formula is C25H31N7O6. The highest BCUT2D eigenvalue weighted by Gasteiger charge is 2.39. The number of likely N-dealkylation sites (tertiary alicyclic amines) is 1. The van der Waals surface area contributed by atoms with Crippen LogP contribution < -0.4 is 16.4 Å². The van der Waals surface area contributed by atoms with Gasteiger partial charge in [0.2, 0.25) is 17.7 Å². The Morgan fingerprint density at radius 1 is 1.13 bits per heavy atom. The summed E-state index contributed by atoms with van der Waals surface area (Å²) in [4.78, 5) is 62.4. The Balaban J connectivity index is 1.53. The van der Waals surface area contributed by atoms with E-state index in [-0.39, 0.29) is 19.4 Å². The number of aliphatic hydroxyl groups is 1. The highest BCUT2D eigenvalue weighted by Crippen LogP contribution is 2.23. The highest BCUT2D eigenvalue weighted by atomic mass is 16.4. The topological polar surface area (TPSA) is 207 Å². The molecule has 1 aromatic carbocycles. The van der Waals surface area contributed by atoms with Gasteiger partial charge in [-0.2, -0.15) is 0 Å². The second-order valence-corrected chi connectivity index (χ2v) is 9.28. The molecule has 1 saturated heterocycles. The number of carbonyl (C=O) groups excluding carboxylic acids is 3. The molecule has 38 heavy (non-hydrogen) atoms. The van der Waals surface area contributed by atoms with Gasteiger partial charge in [0, 0.05) is 48.4 Å². The second-order valence-electron chi connectivity index (χ2n) is 9.28. The summed E-state index contributed by atoms with van der Waals surface area (Å²) in [5.74, 6) is -3.00. The molecule has 0 radical (unpaired) electrons. The first-order valence-corrected chi connectivity index (χ1v) is 12.3. The van der Waals surface area contributed by atoms with E-state index in [1.54, 1.807) is 6.20 Å². The minimum absolute atomic E-state index is 0.0000337. The molecule has 0 aliphatic carbocycles. The van der Waals surface area contributed by atoms with Crippen molar-refractivity contribution >= 4 is 34.6 Å². The van der Waals surface area contributed by atoms with Crippen LogP contribution in [-0.4, -0.2) is 91.1 Å². The average Bonchev–Trinajstić information content (AvgIpc) is 3.68. The van der Waals surface area contributed by atoms with Crippen molar-refractivity contribution in [3.63, 3.8) is 0 Å². The summed E-state index contributed by atoms with van der Waals surface area (Å²) >= 11 is 0. The number of aromatic nitrogens is 3. The number of carbonyl (C=O) groups is 4. The molecule has 1 aliphatic rings. The minimum atomic E-state index is -1.22. The van der Waals surface area contributed by atoms with Crippen LogP contribution in [0.2, 0.25) is 0 Å². The molecule has 0 saturated carbocycles. The van der Waals surface area contributed by atoms with Gasteiger partial charge >= 0.3 is 5.97 Å². The molecule has 0 spiro atoms. The monoisotopic (exact) mass is 525 g/mol. The third-order valence-corrected chi connectivity index (χ3v) is 6.68. The van der Waals surface area contributed by atoms with Gasteiger partial charge in [0.15, 0.2) is 0 Å². The van der Waals surface area contributed by atoms with Crippen molar-refractivity contribution in [3.8, 4) is 0 Å². The zero-order valence-corrected chi connectivity index (χ0v) is 20.6. The minimum Gasteiger partial charge on any atom is -0.480 e. The van der Waals surface area contributed by atoms with E-state index in [1.807, 2.05) is 24.3 Å². The molecule has 4 atom stereocenters. The predicted octanol–water partition coefficient (Wildman–Crippen LogP) is -0.959. The van der Waals surface area contributed by atoms with E-state index in [0.29, 0.717) is 18.5 Å². The molecule has 1 aliphatic heterocycles. The van der Waals surface area contributed by atoms with E-state index in [0.717, 1.165) is 16.5 Å². The summed E-state index contributed by atoms with van der Waals surface area (Å²) in [7, 11) is 0. The van der Waals surface area contributed by atoms with E-state index in [2.05, 4.69) is 25.6 Å². The fourth-order valence-electron chi connectivity index (χ4n) is 4.67. The van der Waals surface area contributed by atoms with Gasteiger partial charge in [0.25, 0.3) is 0 Å². The summed E-state index contributed by atoms with van der Waals surface area (Å²) < 4.78 is 0. The van der Waals surface area contributed by atoms with Crippen LogP contribution in [0.4, 0.5) is 0 Å². The van der Waals surface area contributed by atoms with Gasteiger partial charge in [-0.15, -0.1) is 0 Å². The van der Waals surface area contributed by atoms with Crippen molar-refractivity contribution < 1.29 is 29.4 Å². The molecular weight excluding hydrogens is 494 g/mol. The van der Waals surface area contributed by atoms with Crippen LogP contribution in [0.1, 0.15) is 24.1 Å². The molecule has 3 amide bonds. The summed E-state index contributed by atoms with van der Waals surface area (Å²) in [6.45, 7) is -0.330. The van der Waals surface area contributed by atoms with Gasteiger partial charge < -0.3 is 41.4 Å². The third kappa shape index (κ3) is 6.01. The number of aromatic amines is 2. The number of carboxylic acids is 1. The number of benzene rings is 1. The van der Waals surface area contributed by atoms with Crippen molar-refractivity contribution in [2.75, 3.05) is 13.2 Å². The van der Waals surface area contributed by atoms with E-state index in [9.17, 15) is 29.4 Å². The Bertz CT molecular complexity index is 1290. The van der Waals surface area contributed by atoms with E-state index in [4.69, 9.17) is 5.73 Å². The third-order valence-electron chi connectivity index (χ3n) is 6.68. The lowest BCUT2D eigenvalue weighted by atomic mass is 10.0. The number of para-hydroxylation sites is 1. The molecule has 4 unspecified atom stereocenters. The molecule has 3 heterocycles. The molecule has 202 valence electrons. The number of hydrogen-bond donors (Lipinski definition) is 7. The van der Waals surface area contributed by atoms with Crippen molar-refractivity contribution in [1.29, 1.82) is 0 Å². The largest absolute Gasteiger partial charge is 0.480 e. The first-order chi connectivity index (χ1) is 18.3. The molecule has 1 fully saturated rings. The number of hydrogen-bond acceptors (Lipinski definition) is 7. The standard InChI is InChI=1S/C25H31N7O6/c26-17(12-33)22(34)30-19(8-14-10-28-18-5-2-1-4-16(14)18)24(36)32-7-3-6-21(32)23(35)31-20(25(37)38)9-15-11-27-13-29-15/h1-2,4-5,10-11,13,17,19-21,28,33H,3,6-9,12,26H2,(H,27,29)(H,30,34)(H,31,35)(H,37,38). The molecule has 13 nitrogen and oxygen atoms in total. The van der Waals surface area contributed by atoms with E-state index < -0.39 is 54.5 Å². The Morgan fingerprint density at radius 3 is 2.63 bits per heavy atom. The lowest BCUT2D eigenvalue weighted by Crippen LogP contribution is -2.57. The predicted molar refractivity (Wildman–Crippen MR) is 136 cm³/mol. The Labute approximate surface area is 217 Å². The SMILES string of the molecule is NC(CO)C(=O)NC(Cc1c[nH]c2ccccc12)C(=O)N1CCCC1C(=O)NC(Cc1cnc[nH]1)C(=O)O. The van der Waals surface area contributed by atoms with Gasteiger partial charge in [0.05, 0.1) is 12.9 Å². The number of nitrogens with two attached hydrogens (primary N) is 1. The summed E-state index contributed by atoms with van der Waals surface area (Å²) in [5, 5.41) is 25.0. The van der Waals surface area contributed by atoms with Crippen molar-refractivity contribution in [3.05, 3.63) is 54.2 Å². The van der Waals surface area contributed by atoms with Crippen molar-refractivity contribution in [2.24, 2.45) is 5.73 Å². The molecule has 0 bridgehead atoms. The number of H-pyrrole nitrogens is 2. The molecule has 4 rings (SSSR count). The lowest BCUT2D eigenvalue weighted by Gasteiger charge is -2.30. The normalized spacial score (nSPS) is 17.6. The molecule has 13 heteroatoms. The second kappa shape index (κ2) is 11.9. The zero-order valence-electron chi connectivity index (χ0n) is 20.6. The fourth-order valence-corrected chi connectivity index (χ4v) is 4.67. The van der Waals surface area contributed by atoms with Gasteiger partial charge in [-0.3, -0.25) is 14.4 Å². The summed E-state index contributed by atoms with van der Waals surface area (Å²) in [6, 6.07) is 3.11. The number of amides is 3. The number of carboxylic acid groups (broad SMARTS) is 1. The quantitative estimate of drug-likeness (QED) is 0.166. The van der Waals surface area contributed by atoms with Gasteiger partial charge in [-0.05, 0) is 24.5 Å². The zero-order chi connectivity index (χ0) is 27.2. The van der Waals surface area contributed by atoms with Crippen molar-refractivity contribution in [2.45, 2.75) is 49.9 Å². The number of fused-ring (bicyclic) bond motifs is 1. The number of nitrogens with zero attached hydrogens (tertiary/aromatic N) is 2. The van der Waals surface area contributed by atoms with Crippen LogP contribution in [0.15, 0.2) is 43.0 Å². The maximum absolute atomic E-state index is 13.7. The number of nitrogens with one attached hydrogen (secondary N) is 4. The van der Waals surface area contributed by atoms with E-state index >= 15 is 0 Å². The number of aliphatic hydroxyl groups excluding tert-OH is 1. The first-order valence-electron chi connectivity index (χ1n) is 12.3. The number of imidazole rings is 1. The Kier molecular flexibility index (Phi) is 8.38. The van der Waals surface area contributed by atoms with Gasteiger partial charge in [-0.1, -0.05) is 18.2 Å².